The molecular weight excluding hydrogens is 490 g/mol. The minimum absolute atomic E-state index is 0.511. The Morgan fingerprint density at radius 2 is 1.27 bits per heavy atom. The Balaban J connectivity index is 1.81. The maximum Gasteiger partial charge on any atom is 0.154 e. The van der Waals surface area contributed by atoms with Gasteiger partial charge in [0, 0.05) is 17.7 Å². The summed E-state index contributed by atoms with van der Waals surface area (Å²) in [7, 11) is 0. The van der Waals surface area contributed by atoms with Crippen molar-refractivity contribution in [3.05, 3.63) is 138 Å². The van der Waals surface area contributed by atoms with Gasteiger partial charge in [-0.1, -0.05) is 123 Å². The molecule has 4 aromatic carbocycles. The number of anilines is 1. The van der Waals surface area contributed by atoms with E-state index < -0.39 is 5.54 Å². The first kappa shape index (κ1) is 27.3. The third kappa shape index (κ3) is 5.54. The summed E-state index contributed by atoms with van der Waals surface area (Å²) in [5.41, 5.74) is 6.58. The Hall–Kier alpha value is -4.28. The second-order valence-electron chi connectivity index (χ2n) is 9.99. The molecule has 0 saturated carbocycles. The summed E-state index contributed by atoms with van der Waals surface area (Å²) in [5, 5.41) is 5.09. The Morgan fingerprint density at radius 3 is 1.80 bits per heavy atom. The number of ether oxygens (including phenoxy) is 1. The molecule has 0 amide bonds. The monoisotopic (exact) mass is 527 g/mol. The van der Waals surface area contributed by atoms with Gasteiger partial charge in [-0.05, 0) is 48.6 Å². The van der Waals surface area contributed by atoms with Crippen LogP contribution in [0.1, 0.15) is 48.9 Å². The van der Waals surface area contributed by atoms with Gasteiger partial charge in [0.15, 0.2) is 5.82 Å². The molecule has 1 heterocycles. The zero-order valence-electron chi connectivity index (χ0n) is 23.6. The SMILES string of the molecule is CCC/C(COCC)=N\c1c(NC(c2ccccc2)(c2ccccc2)c2ccccc2)nc2ccccc2c1C. The molecule has 4 heteroatoms. The largest absolute Gasteiger partial charge is 0.376 e. The molecule has 0 atom stereocenters. The van der Waals surface area contributed by atoms with E-state index in [0.717, 1.165) is 63.2 Å². The molecule has 0 spiro atoms. The van der Waals surface area contributed by atoms with Crippen molar-refractivity contribution < 1.29 is 4.74 Å². The van der Waals surface area contributed by atoms with Gasteiger partial charge >= 0.3 is 0 Å². The molecule has 40 heavy (non-hydrogen) atoms. The van der Waals surface area contributed by atoms with Gasteiger partial charge in [-0.2, -0.15) is 0 Å². The van der Waals surface area contributed by atoms with E-state index in [2.05, 4.69) is 128 Å². The standard InChI is InChI=1S/C36H37N3O/c1-4-17-31(26-40-5-2)37-34-27(3)32-24-15-16-25-33(32)38-35(34)39-36(28-18-9-6-10-19-28,29-20-11-7-12-21-29)30-22-13-8-14-23-30/h6-16,18-25H,4-5,17,26H2,1-3H3,(H,38,39)/b37-31+. The molecule has 5 aromatic rings. The minimum atomic E-state index is -0.708. The Kier molecular flexibility index (Phi) is 8.68. The van der Waals surface area contributed by atoms with Crippen LogP contribution in [0.2, 0.25) is 0 Å². The first-order chi connectivity index (χ1) is 19.7. The van der Waals surface area contributed by atoms with Crippen molar-refractivity contribution >= 4 is 28.1 Å². The van der Waals surface area contributed by atoms with Gasteiger partial charge in [0.1, 0.15) is 11.2 Å². The first-order valence-electron chi connectivity index (χ1n) is 14.2. The van der Waals surface area contributed by atoms with Gasteiger partial charge in [-0.25, -0.2) is 4.98 Å². The van der Waals surface area contributed by atoms with E-state index in [1.807, 2.05) is 13.0 Å². The van der Waals surface area contributed by atoms with E-state index in [1.165, 1.54) is 0 Å². The zero-order chi connectivity index (χ0) is 27.8. The van der Waals surface area contributed by atoms with Crippen molar-refractivity contribution in [1.29, 1.82) is 0 Å². The van der Waals surface area contributed by atoms with Crippen LogP contribution in [0.25, 0.3) is 10.9 Å². The lowest BCUT2D eigenvalue weighted by molar-refractivity contribution is 0.186. The highest BCUT2D eigenvalue weighted by Crippen LogP contribution is 2.43. The predicted molar refractivity (Wildman–Crippen MR) is 168 cm³/mol. The second kappa shape index (κ2) is 12.7. The summed E-state index contributed by atoms with van der Waals surface area (Å²) in [6.07, 6.45) is 1.86. The van der Waals surface area contributed by atoms with E-state index in [1.54, 1.807) is 0 Å². The van der Waals surface area contributed by atoms with E-state index >= 15 is 0 Å². The summed E-state index contributed by atoms with van der Waals surface area (Å²) in [5.74, 6) is 0.748. The fourth-order valence-corrected chi connectivity index (χ4v) is 5.38. The van der Waals surface area contributed by atoms with Crippen LogP contribution in [0.15, 0.2) is 120 Å². The third-order valence-corrected chi connectivity index (χ3v) is 7.33. The molecule has 202 valence electrons. The molecule has 0 aliphatic carbocycles. The predicted octanol–water partition coefficient (Wildman–Crippen LogP) is 8.86. The van der Waals surface area contributed by atoms with Gasteiger partial charge in [-0.3, -0.25) is 4.99 Å². The molecule has 5 rings (SSSR count). The molecule has 4 nitrogen and oxygen atoms in total. The van der Waals surface area contributed by atoms with E-state index in [9.17, 15) is 0 Å². The number of pyridine rings is 1. The Bertz CT molecular complexity index is 1470. The molecule has 0 radical (unpaired) electrons. The van der Waals surface area contributed by atoms with Crippen LogP contribution in [0.3, 0.4) is 0 Å². The fraction of sp³-hybridized carbons (Fsp3) is 0.222. The summed E-state index contributed by atoms with van der Waals surface area (Å²) < 4.78 is 5.82. The minimum Gasteiger partial charge on any atom is -0.376 e. The number of para-hydroxylation sites is 1. The highest BCUT2D eigenvalue weighted by Gasteiger charge is 2.37. The third-order valence-electron chi connectivity index (χ3n) is 7.33. The molecular formula is C36H37N3O. The highest BCUT2D eigenvalue weighted by atomic mass is 16.5. The molecule has 0 saturated heterocycles. The number of fused-ring (bicyclic) bond motifs is 1. The van der Waals surface area contributed by atoms with Gasteiger partial charge in [0.25, 0.3) is 0 Å². The van der Waals surface area contributed by atoms with Crippen molar-refractivity contribution in [2.24, 2.45) is 4.99 Å². The Morgan fingerprint density at radius 1 is 0.750 bits per heavy atom. The molecule has 0 aliphatic heterocycles. The van der Waals surface area contributed by atoms with Gasteiger partial charge in [0.2, 0.25) is 0 Å². The number of aliphatic imine (C=N–C) groups is 1. The number of benzene rings is 4. The van der Waals surface area contributed by atoms with Crippen LogP contribution >= 0.6 is 0 Å². The van der Waals surface area contributed by atoms with E-state index in [4.69, 9.17) is 14.7 Å². The maximum atomic E-state index is 5.82. The molecule has 0 fully saturated rings. The highest BCUT2D eigenvalue weighted by molar-refractivity contribution is 5.95. The normalized spacial score (nSPS) is 12.0. The molecule has 0 aliphatic rings. The molecule has 0 unspecified atom stereocenters. The lowest BCUT2D eigenvalue weighted by Crippen LogP contribution is -2.38. The lowest BCUT2D eigenvalue weighted by Gasteiger charge is -2.38. The molecule has 1 aromatic heterocycles. The van der Waals surface area contributed by atoms with Crippen LogP contribution in [0, 0.1) is 6.92 Å². The summed E-state index contributed by atoms with van der Waals surface area (Å²) >= 11 is 0. The average Bonchev–Trinajstić information content (AvgIpc) is 3.01. The lowest BCUT2D eigenvalue weighted by atomic mass is 9.77. The van der Waals surface area contributed by atoms with E-state index in [-0.39, 0.29) is 0 Å². The van der Waals surface area contributed by atoms with Crippen molar-refractivity contribution in [3.8, 4) is 0 Å². The number of hydrogen-bond donors (Lipinski definition) is 1. The topological polar surface area (TPSA) is 46.5 Å². The van der Waals surface area contributed by atoms with Gasteiger partial charge in [0.05, 0.1) is 12.1 Å². The number of rotatable bonds is 11. The zero-order valence-corrected chi connectivity index (χ0v) is 23.6. The van der Waals surface area contributed by atoms with Crippen molar-refractivity contribution in [2.75, 3.05) is 18.5 Å². The van der Waals surface area contributed by atoms with Crippen molar-refractivity contribution in [2.45, 2.75) is 39.2 Å². The second-order valence-corrected chi connectivity index (χ2v) is 9.99. The fourth-order valence-electron chi connectivity index (χ4n) is 5.38. The average molecular weight is 528 g/mol. The van der Waals surface area contributed by atoms with Crippen LogP contribution in [0.5, 0.6) is 0 Å². The smallest absolute Gasteiger partial charge is 0.154 e. The number of nitrogens with zero attached hydrogens (tertiary/aromatic N) is 2. The summed E-state index contributed by atoms with van der Waals surface area (Å²) in [6.45, 7) is 7.51. The number of nitrogens with one attached hydrogen (secondary N) is 1. The van der Waals surface area contributed by atoms with Gasteiger partial charge in [-0.15, -0.1) is 0 Å². The van der Waals surface area contributed by atoms with Crippen LogP contribution in [-0.4, -0.2) is 23.9 Å². The first-order valence-corrected chi connectivity index (χ1v) is 14.2. The van der Waals surface area contributed by atoms with Crippen LogP contribution in [-0.2, 0) is 10.3 Å². The quantitative estimate of drug-likeness (QED) is 0.138. The number of aromatic nitrogens is 1. The maximum absolute atomic E-state index is 5.82. The Labute approximate surface area is 237 Å². The van der Waals surface area contributed by atoms with Crippen molar-refractivity contribution in [3.63, 3.8) is 0 Å². The van der Waals surface area contributed by atoms with Gasteiger partial charge < -0.3 is 10.1 Å². The molecule has 0 bridgehead atoms. The van der Waals surface area contributed by atoms with E-state index in [0.29, 0.717) is 13.2 Å². The molecule has 1 N–H and O–H groups in total. The summed E-state index contributed by atoms with van der Waals surface area (Å²) in [6, 6.07) is 40.1. The number of aryl methyl sites for hydroxylation is 1. The number of hydrogen-bond acceptors (Lipinski definition) is 4. The summed E-state index contributed by atoms with van der Waals surface area (Å²) in [4.78, 5) is 10.5. The van der Waals surface area contributed by atoms with Crippen LogP contribution in [0.4, 0.5) is 11.5 Å². The van der Waals surface area contributed by atoms with Crippen molar-refractivity contribution in [1.82, 2.24) is 4.98 Å². The van der Waals surface area contributed by atoms with Crippen LogP contribution < -0.4 is 5.32 Å².